The molecule has 2 aliphatic heterocycles. The molecule has 158 valence electrons. The van der Waals surface area contributed by atoms with E-state index < -0.39 is 0 Å². The van der Waals surface area contributed by atoms with Gasteiger partial charge < -0.3 is 24.4 Å². The third-order valence-electron chi connectivity index (χ3n) is 5.70. The van der Waals surface area contributed by atoms with E-state index >= 15 is 0 Å². The Hall–Kier alpha value is -3.06. The van der Waals surface area contributed by atoms with Gasteiger partial charge in [-0.05, 0) is 35.9 Å². The van der Waals surface area contributed by atoms with E-state index in [1.807, 2.05) is 18.2 Å². The van der Waals surface area contributed by atoms with Crippen molar-refractivity contribution in [2.45, 2.75) is 25.4 Å². The van der Waals surface area contributed by atoms with Crippen LogP contribution in [0.2, 0.25) is 0 Å². The second-order valence-electron chi connectivity index (χ2n) is 7.65. The number of ether oxygens (including phenoxy) is 3. The highest BCUT2D eigenvalue weighted by molar-refractivity contribution is 5.89. The first-order valence-corrected chi connectivity index (χ1v) is 10.3. The lowest BCUT2D eigenvalue weighted by molar-refractivity contribution is -0.910. The van der Waals surface area contributed by atoms with Gasteiger partial charge in [-0.25, -0.2) is 4.79 Å². The fourth-order valence-electron chi connectivity index (χ4n) is 4.15. The largest absolute Gasteiger partial charge is 0.486 e. The van der Waals surface area contributed by atoms with E-state index in [4.69, 9.17) is 14.2 Å². The van der Waals surface area contributed by atoms with E-state index in [9.17, 15) is 9.59 Å². The molecular weight excluding hydrogens is 384 g/mol. The highest BCUT2D eigenvalue weighted by atomic mass is 16.6. The smallest absolute Gasteiger partial charge is 0.337 e. The second-order valence-corrected chi connectivity index (χ2v) is 7.65. The summed E-state index contributed by atoms with van der Waals surface area (Å²) in [6, 6.07) is 13.5. The van der Waals surface area contributed by atoms with Gasteiger partial charge in [-0.3, -0.25) is 4.79 Å². The van der Waals surface area contributed by atoms with Gasteiger partial charge in [0.05, 0.1) is 19.2 Å². The molecule has 2 atom stereocenters. The van der Waals surface area contributed by atoms with Gasteiger partial charge in [-0.1, -0.05) is 12.1 Å². The van der Waals surface area contributed by atoms with Gasteiger partial charge in [-0.15, -0.1) is 0 Å². The second kappa shape index (κ2) is 9.17. The first kappa shape index (κ1) is 20.2. The third kappa shape index (κ3) is 4.57. The van der Waals surface area contributed by atoms with Crippen LogP contribution in [0.4, 0.5) is 0 Å². The van der Waals surface area contributed by atoms with Crippen LogP contribution in [-0.4, -0.2) is 45.3 Å². The summed E-state index contributed by atoms with van der Waals surface area (Å²) < 4.78 is 16.0. The molecule has 2 aliphatic rings. The quantitative estimate of drug-likeness (QED) is 0.701. The lowest BCUT2D eigenvalue weighted by Gasteiger charge is -2.24. The molecule has 1 saturated heterocycles. The number of esters is 1. The fraction of sp³-hybridized carbons (Fsp3) is 0.391. The normalized spacial score (nSPS) is 19.9. The highest BCUT2D eigenvalue weighted by Crippen LogP contribution is 2.33. The predicted octanol–water partition coefficient (Wildman–Crippen LogP) is 1.28. The van der Waals surface area contributed by atoms with Crippen LogP contribution in [0.5, 0.6) is 11.5 Å². The van der Waals surface area contributed by atoms with Gasteiger partial charge in [0.1, 0.15) is 19.3 Å². The number of benzene rings is 2. The predicted molar refractivity (Wildman–Crippen MR) is 110 cm³/mol. The SMILES string of the molecule is COC(=O)c1ccc(CNC(=O)C[NH+]2CCC[C@H]2c2ccc3c(c2)OCCO3)cc1. The summed E-state index contributed by atoms with van der Waals surface area (Å²) in [5, 5.41) is 2.99. The summed E-state index contributed by atoms with van der Waals surface area (Å²) >= 11 is 0. The Morgan fingerprint density at radius 2 is 1.87 bits per heavy atom. The number of rotatable bonds is 6. The summed E-state index contributed by atoms with van der Waals surface area (Å²) in [7, 11) is 1.36. The molecule has 2 aromatic carbocycles. The molecule has 2 aromatic rings. The van der Waals surface area contributed by atoms with Crippen LogP contribution in [0.25, 0.3) is 0 Å². The zero-order valence-electron chi connectivity index (χ0n) is 17.1. The minimum Gasteiger partial charge on any atom is -0.486 e. The van der Waals surface area contributed by atoms with Crippen molar-refractivity contribution < 1.29 is 28.7 Å². The Bertz CT molecular complexity index is 912. The summed E-state index contributed by atoms with van der Waals surface area (Å²) in [4.78, 5) is 25.3. The van der Waals surface area contributed by atoms with Crippen molar-refractivity contribution in [2.24, 2.45) is 0 Å². The Balaban J connectivity index is 1.33. The lowest BCUT2D eigenvalue weighted by Crippen LogP contribution is -3.11. The Morgan fingerprint density at radius 3 is 2.63 bits per heavy atom. The minimum atomic E-state index is -0.367. The van der Waals surface area contributed by atoms with Gasteiger partial charge in [0.15, 0.2) is 18.0 Å². The van der Waals surface area contributed by atoms with Gasteiger partial charge in [0.2, 0.25) is 0 Å². The highest BCUT2D eigenvalue weighted by Gasteiger charge is 2.32. The number of carbonyl (C=O) groups excluding carboxylic acids is 2. The molecular formula is C23H27N2O5+. The molecule has 4 rings (SSSR count). The molecule has 1 fully saturated rings. The average molecular weight is 411 g/mol. The van der Waals surface area contributed by atoms with E-state index in [-0.39, 0.29) is 17.9 Å². The van der Waals surface area contributed by atoms with E-state index in [0.29, 0.717) is 31.9 Å². The molecule has 2 heterocycles. The summed E-state index contributed by atoms with van der Waals surface area (Å²) in [5.41, 5.74) is 2.63. The number of hydrogen-bond acceptors (Lipinski definition) is 5. The van der Waals surface area contributed by atoms with Crippen molar-refractivity contribution in [3.63, 3.8) is 0 Å². The lowest BCUT2D eigenvalue weighted by atomic mass is 10.0. The molecule has 7 heteroatoms. The number of amides is 1. The topological polar surface area (TPSA) is 78.3 Å². The molecule has 0 aliphatic carbocycles. The minimum absolute atomic E-state index is 0.0199. The Labute approximate surface area is 175 Å². The van der Waals surface area contributed by atoms with Crippen LogP contribution in [0.1, 0.15) is 40.4 Å². The van der Waals surface area contributed by atoms with Crippen LogP contribution in [0.15, 0.2) is 42.5 Å². The summed E-state index contributed by atoms with van der Waals surface area (Å²) in [6.07, 6.45) is 2.15. The van der Waals surface area contributed by atoms with E-state index in [0.717, 1.165) is 36.4 Å². The molecule has 1 amide bonds. The maximum absolute atomic E-state index is 12.6. The fourth-order valence-corrected chi connectivity index (χ4v) is 4.15. The van der Waals surface area contributed by atoms with Crippen molar-refractivity contribution in [1.29, 1.82) is 0 Å². The summed E-state index contributed by atoms with van der Waals surface area (Å²) in [6.45, 7) is 2.99. The number of nitrogens with one attached hydrogen (secondary N) is 2. The van der Waals surface area contributed by atoms with E-state index in [1.165, 1.54) is 17.6 Å². The number of methoxy groups -OCH3 is 1. The van der Waals surface area contributed by atoms with Crippen molar-refractivity contribution in [2.75, 3.05) is 33.4 Å². The van der Waals surface area contributed by atoms with Gasteiger partial charge in [0, 0.05) is 24.9 Å². The van der Waals surface area contributed by atoms with Gasteiger partial charge in [-0.2, -0.15) is 0 Å². The van der Waals surface area contributed by atoms with Crippen molar-refractivity contribution in [3.8, 4) is 11.5 Å². The maximum atomic E-state index is 12.6. The molecule has 7 nitrogen and oxygen atoms in total. The van der Waals surface area contributed by atoms with Crippen molar-refractivity contribution >= 4 is 11.9 Å². The standard InChI is InChI=1S/C23H26N2O5/c1-28-23(27)17-6-4-16(5-7-17)14-24-22(26)15-25-10-2-3-19(25)18-8-9-20-21(13-18)30-12-11-29-20/h4-9,13,19H,2-3,10-12,14-15H2,1H3,(H,24,26)/p+1/t19-/m0/s1. The van der Waals surface area contributed by atoms with Crippen LogP contribution < -0.4 is 19.7 Å². The van der Waals surface area contributed by atoms with Crippen LogP contribution in [0.3, 0.4) is 0 Å². The first-order valence-electron chi connectivity index (χ1n) is 10.3. The summed E-state index contributed by atoms with van der Waals surface area (Å²) in [5.74, 6) is 1.24. The third-order valence-corrected chi connectivity index (χ3v) is 5.70. The Kier molecular flexibility index (Phi) is 6.18. The average Bonchev–Trinajstić information content (AvgIpc) is 3.25. The van der Waals surface area contributed by atoms with Gasteiger partial charge in [0.25, 0.3) is 5.91 Å². The van der Waals surface area contributed by atoms with Crippen molar-refractivity contribution in [3.05, 3.63) is 59.2 Å². The van der Waals surface area contributed by atoms with Crippen LogP contribution in [0, 0.1) is 0 Å². The number of likely N-dealkylation sites (tertiary alicyclic amines) is 1. The molecule has 1 unspecified atom stereocenters. The number of hydrogen-bond donors (Lipinski definition) is 2. The molecule has 2 N–H and O–H groups in total. The molecule has 0 aromatic heterocycles. The monoisotopic (exact) mass is 411 g/mol. The van der Waals surface area contributed by atoms with E-state index in [1.54, 1.807) is 12.1 Å². The number of carbonyl (C=O) groups is 2. The van der Waals surface area contributed by atoms with Crippen LogP contribution >= 0.6 is 0 Å². The zero-order chi connectivity index (χ0) is 20.9. The molecule has 30 heavy (non-hydrogen) atoms. The molecule has 0 bridgehead atoms. The number of quaternary nitrogens is 1. The first-order chi connectivity index (χ1) is 14.6. The van der Waals surface area contributed by atoms with E-state index in [2.05, 4.69) is 17.4 Å². The number of fused-ring (bicyclic) bond motifs is 1. The molecule has 0 spiro atoms. The van der Waals surface area contributed by atoms with Crippen molar-refractivity contribution in [1.82, 2.24) is 5.32 Å². The Morgan fingerprint density at radius 1 is 1.10 bits per heavy atom. The van der Waals surface area contributed by atoms with Crippen LogP contribution in [-0.2, 0) is 16.1 Å². The molecule has 0 radical (unpaired) electrons. The zero-order valence-corrected chi connectivity index (χ0v) is 17.1. The van der Waals surface area contributed by atoms with Gasteiger partial charge >= 0.3 is 5.97 Å². The maximum Gasteiger partial charge on any atom is 0.337 e. The molecule has 0 saturated carbocycles.